The Hall–Kier alpha value is -0.330. The fraction of sp³-hybridized carbons (Fsp3) is 0.600. The van der Waals surface area contributed by atoms with Gasteiger partial charge >= 0.3 is 0 Å². The molecule has 40 valence electrons. The third kappa shape index (κ3) is 240. The molecule has 6 heavy (non-hydrogen) atoms. The molecule has 0 fully saturated rings. The van der Waals surface area contributed by atoms with Crippen molar-refractivity contribution >= 4 is 0 Å². The van der Waals surface area contributed by atoms with Crippen LogP contribution in [0.1, 0.15) is 13.8 Å². The van der Waals surface area contributed by atoms with E-state index in [1.165, 1.54) is 0 Å². The summed E-state index contributed by atoms with van der Waals surface area (Å²) in [5, 5.41) is 0. The van der Waals surface area contributed by atoms with Crippen molar-refractivity contribution in [3.05, 3.63) is 13.2 Å². The Morgan fingerprint density at radius 1 is 1.00 bits per heavy atom. The van der Waals surface area contributed by atoms with E-state index in [0.29, 0.717) is 7.18 Å². The molecule has 0 unspecified atom stereocenters. The molecule has 0 aliphatic carbocycles. The maximum absolute atomic E-state index is 9.50. The lowest BCUT2D eigenvalue weighted by Gasteiger charge is -1.10. The van der Waals surface area contributed by atoms with E-state index in [1.54, 1.807) is 0 Å². The van der Waals surface area contributed by atoms with E-state index >= 15 is 0 Å². The summed E-state index contributed by atoms with van der Waals surface area (Å²) >= 11 is 0. The van der Waals surface area contributed by atoms with Crippen LogP contribution < -0.4 is 0 Å². The van der Waals surface area contributed by atoms with Gasteiger partial charge in [-0.15, -0.1) is 13.2 Å². The van der Waals surface area contributed by atoms with Crippen LogP contribution in [0.25, 0.3) is 0 Å². The average molecular weight is 92.2 g/mol. The highest BCUT2D eigenvalue weighted by Gasteiger charge is 0.932. The van der Waals surface area contributed by atoms with Gasteiger partial charge in [0.2, 0.25) is 0 Å². The Bertz CT molecular complexity index is 3.90. The Labute approximate surface area is 39.7 Å². The summed E-state index contributed by atoms with van der Waals surface area (Å²) < 4.78 is 9.50. The number of rotatable bonds is 0. The predicted octanol–water partition coefficient (Wildman–Crippen LogP) is 2.41. The number of hydrogen-bond acceptors (Lipinski definition) is 0. The second-order valence-electron chi connectivity index (χ2n) is 0. The highest BCUT2D eigenvalue weighted by atomic mass is 19.1. The van der Waals surface area contributed by atoms with Crippen LogP contribution in [0.4, 0.5) is 4.39 Å². The van der Waals surface area contributed by atoms with Crippen molar-refractivity contribution in [3.63, 3.8) is 0 Å². The molecule has 1 heteroatoms. The van der Waals surface area contributed by atoms with Crippen LogP contribution in [0.2, 0.25) is 0 Å². The van der Waals surface area contributed by atoms with E-state index in [2.05, 4.69) is 13.2 Å². The van der Waals surface area contributed by atoms with Crippen molar-refractivity contribution in [2.24, 2.45) is 0 Å². The SMILES string of the molecule is C=C.CC.CF. The molecule has 0 aromatic carbocycles. The molecule has 0 nitrogen and oxygen atoms in total. The Kier molecular flexibility index (Phi) is 1670. The van der Waals surface area contributed by atoms with Crippen LogP contribution in [0.5, 0.6) is 0 Å². The smallest absolute Gasteiger partial charge is 0.0785 e. The molecule has 0 N–H and O–H groups in total. The molecule has 0 amide bonds. The molecule has 0 bridgehead atoms. The second kappa shape index (κ2) is 578. The molecule has 0 aromatic rings. The van der Waals surface area contributed by atoms with Crippen LogP contribution in [-0.4, -0.2) is 7.18 Å². The van der Waals surface area contributed by atoms with Gasteiger partial charge in [0.15, 0.2) is 0 Å². The van der Waals surface area contributed by atoms with Gasteiger partial charge in [0.25, 0.3) is 0 Å². The van der Waals surface area contributed by atoms with Crippen LogP contribution in [-0.2, 0) is 0 Å². The van der Waals surface area contributed by atoms with E-state index in [0.717, 1.165) is 0 Å². The van der Waals surface area contributed by atoms with Gasteiger partial charge in [-0.05, 0) is 0 Å². The minimum absolute atomic E-state index is 0.500. The molecule has 0 aliphatic rings. The number of alkyl halides is 1. The summed E-state index contributed by atoms with van der Waals surface area (Å²) in [6.45, 7) is 10.0. The first kappa shape index (κ1) is 17.3. The highest BCUT2D eigenvalue weighted by Crippen LogP contribution is 1.16. The first-order valence-corrected chi connectivity index (χ1v) is 1.88. The fourth-order valence-corrected chi connectivity index (χ4v) is 0. The largest absolute Gasteiger partial charge is 0.255 e. The fourth-order valence-electron chi connectivity index (χ4n) is 0. The van der Waals surface area contributed by atoms with E-state index in [9.17, 15) is 4.39 Å². The predicted molar refractivity (Wildman–Crippen MR) is 29.6 cm³/mol. The summed E-state index contributed by atoms with van der Waals surface area (Å²) in [6, 6.07) is 0. The first-order chi connectivity index (χ1) is 3.00. The van der Waals surface area contributed by atoms with Crippen LogP contribution in [0, 0.1) is 0 Å². The third-order valence-corrected chi connectivity index (χ3v) is 0. The van der Waals surface area contributed by atoms with Crippen molar-refractivity contribution < 1.29 is 4.39 Å². The highest BCUT2D eigenvalue weighted by molar-refractivity contribution is 4.22. The Morgan fingerprint density at radius 2 is 1.00 bits per heavy atom. The quantitative estimate of drug-likeness (QED) is 0.402. The molecule has 0 radical (unpaired) electrons. The lowest BCUT2D eigenvalue weighted by molar-refractivity contribution is 0.636. The van der Waals surface area contributed by atoms with Gasteiger partial charge < -0.3 is 0 Å². The van der Waals surface area contributed by atoms with E-state index in [4.69, 9.17) is 0 Å². The van der Waals surface area contributed by atoms with Crippen LogP contribution in [0.15, 0.2) is 13.2 Å². The molecule has 0 spiro atoms. The zero-order chi connectivity index (χ0) is 6.00. The zero-order valence-corrected chi connectivity index (χ0v) is 4.79. The molecule has 0 rings (SSSR count). The topological polar surface area (TPSA) is 0 Å². The lowest BCUT2D eigenvalue weighted by Crippen LogP contribution is -0.939. The van der Waals surface area contributed by atoms with Gasteiger partial charge in [-0.1, -0.05) is 13.8 Å². The van der Waals surface area contributed by atoms with Gasteiger partial charge in [-0.25, -0.2) is 0 Å². The molecule has 0 heterocycles. The monoisotopic (exact) mass is 92.1 g/mol. The second-order valence-corrected chi connectivity index (χ2v) is 0. The molecule has 0 atom stereocenters. The summed E-state index contributed by atoms with van der Waals surface area (Å²) in [5.74, 6) is 0. The zero-order valence-electron chi connectivity index (χ0n) is 4.79. The molecule has 0 aromatic heterocycles. The van der Waals surface area contributed by atoms with Gasteiger partial charge in [0, 0.05) is 0 Å². The molecule has 0 saturated heterocycles. The average Bonchev–Trinajstić information content (AvgIpc) is 1.81. The lowest BCUT2D eigenvalue weighted by atomic mass is 11.0. The van der Waals surface area contributed by atoms with Gasteiger partial charge in [0.1, 0.15) is 0 Å². The van der Waals surface area contributed by atoms with Crippen LogP contribution in [0.3, 0.4) is 0 Å². The van der Waals surface area contributed by atoms with Gasteiger partial charge in [-0.3, -0.25) is 4.39 Å². The van der Waals surface area contributed by atoms with Crippen molar-refractivity contribution in [1.82, 2.24) is 0 Å². The van der Waals surface area contributed by atoms with Crippen molar-refractivity contribution in [2.45, 2.75) is 13.8 Å². The van der Waals surface area contributed by atoms with Crippen LogP contribution >= 0.6 is 0 Å². The molecule has 0 aliphatic heterocycles. The number of hydrogen-bond donors (Lipinski definition) is 0. The third-order valence-electron chi connectivity index (χ3n) is 0. The minimum Gasteiger partial charge on any atom is -0.255 e. The van der Waals surface area contributed by atoms with Gasteiger partial charge in [-0.2, -0.15) is 0 Å². The maximum Gasteiger partial charge on any atom is 0.0785 e. The number of halogens is 1. The molecular weight excluding hydrogens is 79.1 g/mol. The maximum atomic E-state index is 9.50. The van der Waals surface area contributed by atoms with Crippen molar-refractivity contribution in [2.75, 3.05) is 7.18 Å². The molecule has 0 saturated carbocycles. The normalized spacial score (nSPS) is 2.67. The van der Waals surface area contributed by atoms with Gasteiger partial charge in [0.05, 0.1) is 7.18 Å². The Morgan fingerprint density at radius 3 is 1.00 bits per heavy atom. The summed E-state index contributed by atoms with van der Waals surface area (Å²) in [5.41, 5.74) is 0. The first-order valence-electron chi connectivity index (χ1n) is 1.88. The Balaban J connectivity index is -0.0000000225. The van der Waals surface area contributed by atoms with E-state index < -0.39 is 0 Å². The minimum atomic E-state index is 0.500. The molecular formula is C5H13F. The van der Waals surface area contributed by atoms with Crippen molar-refractivity contribution in [3.8, 4) is 0 Å². The van der Waals surface area contributed by atoms with E-state index in [1.807, 2.05) is 13.8 Å². The van der Waals surface area contributed by atoms with Crippen molar-refractivity contribution in [1.29, 1.82) is 0 Å². The summed E-state index contributed by atoms with van der Waals surface area (Å²) in [7, 11) is 0.500. The summed E-state index contributed by atoms with van der Waals surface area (Å²) in [4.78, 5) is 0. The standard InChI is InChI=1S/C2H6.C2H4.CH3F/c3*1-2/h1-2H3;1-2H2;1H3. The van der Waals surface area contributed by atoms with E-state index in [-0.39, 0.29) is 0 Å². The summed E-state index contributed by atoms with van der Waals surface area (Å²) in [6.07, 6.45) is 0.